The molecule has 0 radical (unpaired) electrons. The van der Waals surface area contributed by atoms with Crippen molar-refractivity contribution in [2.45, 2.75) is 39.5 Å². The van der Waals surface area contributed by atoms with E-state index in [1.165, 1.54) is 18.4 Å². The van der Waals surface area contributed by atoms with Crippen LogP contribution in [0.4, 0.5) is 0 Å². The number of hydrogen-bond donors (Lipinski definition) is 2. The zero-order chi connectivity index (χ0) is 10.6. The van der Waals surface area contributed by atoms with Gasteiger partial charge in [-0.15, -0.1) is 0 Å². The van der Waals surface area contributed by atoms with Gasteiger partial charge in [-0.2, -0.15) is 0 Å². The van der Waals surface area contributed by atoms with Crippen LogP contribution in [0.2, 0.25) is 0 Å². The molecule has 0 aliphatic heterocycles. The second kappa shape index (κ2) is 10.7. The Balaban J connectivity index is 3.11. The molecule has 14 heavy (non-hydrogen) atoms. The Morgan fingerprint density at radius 1 is 0.857 bits per heavy atom. The van der Waals surface area contributed by atoms with E-state index in [0.717, 1.165) is 39.0 Å². The van der Waals surface area contributed by atoms with E-state index in [1.807, 2.05) is 0 Å². The highest BCUT2D eigenvalue weighted by Crippen LogP contribution is 2.01. The van der Waals surface area contributed by atoms with Crippen molar-refractivity contribution >= 4 is 0 Å². The van der Waals surface area contributed by atoms with Gasteiger partial charge in [0.05, 0.1) is 0 Å². The normalized spacial score (nSPS) is 10.4. The fourth-order valence-electron chi connectivity index (χ4n) is 1.26. The third kappa shape index (κ3) is 9.75. The Hall–Kier alpha value is -0.340. The van der Waals surface area contributed by atoms with E-state index < -0.39 is 0 Å². The molecule has 2 nitrogen and oxygen atoms in total. The lowest BCUT2D eigenvalue weighted by Gasteiger charge is -2.07. The molecule has 0 unspecified atom stereocenters. The first-order chi connectivity index (χ1) is 6.81. The maximum atomic E-state index is 4.07. The molecular formula is C12H26N2. The predicted molar refractivity (Wildman–Crippen MR) is 64.7 cm³/mol. The Kier molecular flexibility index (Phi) is 10.5. The molecule has 0 aromatic rings. The summed E-state index contributed by atoms with van der Waals surface area (Å²) >= 11 is 0. The number of nitrogens with one attached hydrogen (secondary N) is 2. The van der Waals surface area contributed by atoms with E-state index >= 15 is 0 Å². The SMILES string of the molecule is C=C(CCNCCC)CCNCCC. The van der Waals surface area contributed by atoms with Crippen molar-refractivity contribution < 1.29 is 0 Å². The van der Waals surface area contributed by atoms with Gasteiger partial charge in [0.1, 0.15) is 0 Å². The van der Waals surface area contributed by atoms with E-state index in [2.05, 4.69) is 31.1 Å². The molecule has 0 aromatic carbocycles. The van der Waals surface area contributed by atoms with E-state index in [-0.39, 0.29) is 0 Å². The second-order valence-corrected chi connectivity index (χ2v) is 3.75. The molecular weight excluding hydrogens is 172 g/mol. The highest BCUT2D eigenvalue weighted by atomic mass is 14.8. The summed E-state index contributed by atoms with van der Waals surface area (Å²) in [4.78, 5) is 0. The van der Waals surface area contributed by atoms with Crippen LogP contribution in [0.15, 0.2) is 12.2 Å². The number of rotatable bonds is 10. The van der Waals surface area contributed by atoms with Gasteiger partial charge in [-0.1, -0.05) is 26.0 Å². The summed E-state index contributed by atoms with van der Waals surface area (Å²) in [6, 6.07) is 0. The summed E-state index contributed by atoms with van der Waals surface area (Å²) < 4.78 is 0. The van der Waals surface area contributed by atoms with Gasteiger partial charge in [-0.3, -0.25) is 0 Å². The lowest BCUT2D eigenvalue weighted by Crippen LogP contribution is -2.19. The predicted octanol–water partition coefficient (Wildman–Crippen LogP) is 2.32. The Morgan fingerprint density at radius 2 is 1.29 bits per heavy atom. The minimum Gasteiger partial charge on any atom is -0.316 e. The molecule has 0 saturated heterocycles. The molecule has 0 heterocycles. The topological polar surface area (TPSA) is 24.1 Å². The molecule has 84 valence electrons. The van der Waals surface area contributed by atoms with Crippen LogP contribution >= 0.6 is 0 Å². The zero-order valence-corrected chi connectivity index (χ0v) is 9.86. The first kappa shape index (κ1) is 13.7. The van der Waals surface area contributed by atoms with E-state index in [4.69, 9.17) is 0 Å². The van der Waals surface area contributed by atoms with Gasteiger partial charge in [-0.05, 0) is 51.9 Å². The van der Waals surface area contributed by atoms with Crippen LogP contribution in [0.25, 0.3) is 0 Å². The molecule has 0 spiro atoms. The minimum atomic E-state index is 1.08. The van der Waals surface area contributed by atoms with Crippen LogP contribution in [-0.4, -0.2) is 26.2 Å². The van der Waals surface area contributed by atoms with Crippen LogP contribution < -0.4 is 10.6 Å². The summed E-state index contributed by atoms with van der Waals surface area (Å²) in [5, 5.41) is 6.77. The highest BCUT2D eigenvalue weighted by molar-refractivity contribution is 4.94. The molecule has 0 aliphatic carbocycles. The van der Waals surface area contributed by atoms with Crippen LogP contribution in [0.5, 0.6) is 0 Å². The van der Waals surface area contributed by atoms with Crippen LogP contribution in [0.3, 0.4) is 0 Å². The van der Waals surface area contributed by atoms with Crippen molar-refractivity contribution in [3.05, 3.63) is 12.2 Å². The maximum Gasteiger partial charge on any atom is -0.00117 e. The van der Waals surface area contributed by atoms with Gasteiger partial charge in [0.2, 0.25) is 0 Å². The molecule has 0 aromatic heterocycles. The summed E-state index contributed by atoms with van der Waals surface area (Å²) in [6.45, 7) is 12.9. The molecule has 0 rings (SSSR count). The largest absolute Gasteiger partial charge is 0.316 e. The Morgan fingerprint density at radius 3 is 1.64 bits per heavy atom. The Labute approximate surface area is 89.2 Å². The van der Waals surface area contributed by atoms with Crippen LogP contribution in [0.1, 0.15) is 39.5 Å². The number of hydrogen-bond acceptors (Lipinski definition) is 2. The zero-order valence-electron chi connectivity index (χ0n) is 9.86. The van der Waals surface area contributed by atoms with E-state index in [9.17, 15) is 0 Å². The van der Waals surface area contributed by atoms with Crippen LogP contribution in [-0.2, 0) is 0 Å². The fraction of sp³-hybridized carbons (Fsp3) is 0.833. The molecule has 2 N–H and O–H groups in total. The van der Waals surface area contributed by atoms with E-state index in [0.29, 0.717) is 0 Å². The van der Waals surface area contributed by atoms with Gasteiger partial charge in [0.15, 0.2) is 0 Å². The van der Waals surface area contributed by atoms with Gasteiger partial charge in [0, 0.05) is 0 Å². The third-order valence-electron chi connectivity index (χ3n) is 2.16. The van der Waals surface area contributed by atoms with Crippen molar-refractivity contribution in [3.8, 4) is 0 Å². The van der Waals surface area contributed by atoms with E-state index in [1.54, 1.807) is 0 Å². The quantitative estimate of drug-likeness (QED) is 0.416. The van der Waals surface area contributed by atoms with Gasteiger partial charge >= 0.3 is 0 Å². The summed E-state index contributed by atoms with van der Waals surface area (Å²) in [5.41, 5.74) is 1.36. The van der Waals surface area contributed by atoms with Gasteiger partial charge < -0.3 is 10.6 Å². The van der Waals surface area contributed by atoms with Crippen molar-refractivity contribution in [1.29, 1.82) is 0 Å². The summed E-state index contributed by atoms with van der Waals surface area (Å²) in [7, 11) is 0. The van der Waals surface area contributed by atoms with Gasteiger partial charge in [0.25, 0.3) is 0 Å². The van der Waals surface area contributed by atoms with Crippen molar-refractivity contribution in [3.63, 3.8) is 0 Å². The minimum absolute atomic E-state index is 1.08. The van der Waals surface area contributed by atoms with Crippen molar-refractivity contribution in [2.75, 3.05) is 26.2 Å². The maximum absolute atomic E-state index is 4.07. The highest BCUT2D eigenvalue weighted by Gasteiger charge is 1.94. The fourth-order valence-corrected chi connectivity index (χ4v) is 1.26. The first-order valence-electron chi connectivity index (χ1n) is 5.89. The average Bonchev–Trinajstić information content (AvgIpc) is 2.19. The molecule has 0 bridgehead atoms. The van der Waals surface area contributed by atoms with Crippen molar-refractivity contribution in [2.24, 2.45) is 0 Å². The smallest absolute Gasteiger partial charge is 0.00117 e. The lowest BCUT2D eigenvalue weighted by molar-refractivity contribution is 0.634. The summed E-state index contributed by atoms with van der Waals surface area (Å²) in [6.07, 6.45) is 4.66. The Bertz CT molecular complexity index is 118. The monoisotopic (exact) mass is 198 g/mol. The first-order valence-corrected chi connectivity index (χ1v) is 5.89. The van der Waals surface area contributed by atoms with Crippen LogP contribution in [0, 0.1) is 0 Å². The van der Waals surface area contributed by atoms with Crippen molar-refractivity contribution in [1.82, 2.24) is 10.6 Å². The molecule has 0 aliphatic rings. The molecule has 0 amide bonds. The molecule has 2 heteroatoms. The third-order valence-corrected chi connectivity index (χ3v) is 2.16. The molecule has 0 atom stereocenters. The molecule has 0 saturated carbocycles. The standard InChI is InChI=1S/C12H26N2/c1-4-8-13-10-6-12(3)7-11-14-9-5-2/h13-14H,3-11H2,1-2H3. The lowest BCUT2D eigenvalue weighted by atomic mass is 10.1. The summed E-state index contributed by atoms with van der Waals surface area (Å²) in [5.74, 6) is 0. The van der Waals surface area contributed by atoms with Gasteiger partial charge in [-0.25, -0.2) is 0 Å². The molecule has 0 fully saturated rings. The second-order valence-electron chi connectivity index (χ2n) is 3.75. The average molecular weight is 198 g/mol.